The molecule has 186 valence electrons. The van der Waals surface area contributed by atoms with E-state index in [-0.39, 0.29) is 0 Å². The van der Waals surface area contributed by atoms with Gasteiger partial charge in [0, 0.05) is 12.1 Å². The van der Waals surface area contributed by atoms with Crippen LogP contribution in [-0.4, -0.2) is 18.6 Å². The van der Waals surface area contributed by atoms with E-state index < -0.39 is 0 Å². The molecule has 0 aliphatic heterocycles. The molecule has 0 bridgehead atoms. The summed E-state index contributed by atoms with van der Waals surface area (Å²) in [6.45, 7) is 5.74. The van der Waals surface area contributed by atoms with Crippen LogP contribution in [0, 0.1) is 17.8 Å². The van der Waals surface area contributed by atoms with E-state index in [1.54, 1.807) is 11.1 Å². The molecule has 2 heteroatoms. The van der Waals surface area contributed by atoms with Gasteiger partial charge in [0.15, 0.2) is 0 Å². The molecule has 1 unspecified atom stereocenters. The third kappa shape index (κ3) is 6.85. The number of hydrogen-bond acceptors (Lipinski definition) is 2. The van der Waals surface area contributed by atoms with Crippen molar-refractivity contribution < 1.29 is 0 Å². The highest BCUT2D eigenvalue weighted by Crippen LogP contribution is 2.44. The molecule has 1 aromatic rings. The lowest BCUT2D eigenvalue weighted by Gasteiger charge is -2.39. The van der Waals surface area contributed by atoms with E-state index in [0.717, 1.165) is 42.1 Å². The molecule has 0 aromatic heterocycles. The number of rotatable bonds is 9. The van der Waals surface area contributed by atoms with Gasteiger partial charge < -0.3 is 11.1 Å². The molecule has 3 N–H and O–H groups in total. The van der Waals surface area contributed by atoms with Gasteiger partial charge in [-0.1, -0.05) is 44.5 Å². The Morgan fingerprint density at radius 1 is 0.727 bits per heavy atom. The summed E-state index contributed by atoms with van der Waals surface area (Å²) in [7, 11) is 0. The van der Waals surface area contributed by atoms with Gasteiger partial charge in [0.05, 0.1) is 0 Å². The second kappa shape index (κ2) is 12.7. The molecule has 3 fully saturated rings. The third-order valence-electron chi connectivity index (χ3n) is 9.90. The molecular formula is C31H52N2. The highest BCUT2D eigenvalue weighted by Gasteiger charge is 2.32. The molecule has 0 heterocycles. The van der Waals surface area contributed by atoms with Crippen LogP contribution in [0.1, 0.15) is 133 Å². The van der Waals surface area contributed by atoms with Crippen molar-refractivity contribution in [3.05, 3.63) is 35.4 Å². The molecule has 4 rings (SSSR count). The van der Waals surface area contributed by atoms with Crippen molar-refractivity contribution in [1.29, 1.82) is 0 Å². The van der Waals surface area contributed by atoms with E-state index in [4.69, 9.17) is 5.73 Å². The monoisotopic (exact) mass is 452 g/mol. The Morgan fingerprint density at radius 2 is 1.21 bits per heavy atom. The first-order chi connectivity index (χ1) is 16.2. The first-order valence-electron chi connectivity index (χ1n) is 14.8. The van der Waals surface area contributed by atoms with Gasteiger partial charge >= 0.3 is 0 Å². The van der Waals surface area contributed by atoms with Gasteiger partial charge in [-0.3, -0.25) is 0 Å². The zero-order valence-electron chi connectivity index (χ0n) is 21.7. The van der Waals surface area contributed by atoms with Gasteiger partial charge in [-0.25, -0.2) is 0 Å². The fraction of sp³-hybridized carbons (Fsp3) is 0.806. The predicted molar refractivity (Wildman–Crippen MR) is 143 cm³/mol. The van der Waals surface area contributed by atoms with Gasteiger partial charge in [0.25, 0.3) is 0 Å². The van der Waals surface area contributed by atoms with Gasteiger partial charge in [0.1, 0.15) is 0 Å². The Hall–Kier alpha value is -0.860. The van der Waals surface area contributed by atoms with Gasteiger partial charge in [-0.15, -0.1) is 0 Å². The molecular weight excluding hydrogens is 400 g/mol. The van der Waals surface area contributed by atoms with Crippen molar-refractivity contribution in [2.24, 2.45) is 23.5 Å². The third-order valence-corrected chi connectivity index (χ3v) is 9.90. The fourth-order valence-electron chi connectivity index (χ4n) is 7.46. The highest BCUT2D eigenvalue weighted by atomic mass is 14.9. The van der Waals surface area contributed by atoms with Gasteiger partial charge in [0.2, 0.25) is 0 Å². The fourth-order valence-corrected chi connectivity index (χ4v) is 7.46. The van der Waals surface area contributed by atoms with E-state index >= 15 is 0 Å². The molecule has 3 aliphatic rings. The normalized spacial score (nSPS) is 34.2. The van der Waals surface area contributed by atoms with Crippen LogP contribution in [0.5, 0.6) is 0 Å². The Bertz CT molecular complexity index is 659. The first kappa shape index (κ1) is 25.2. The second-order valence-electron chi connectivity index (χ2n) is 11.9. The first-order valence-corrected chi connectivity index (χ1v) is 14.8. The molecule has 33 heavy (non-hydrogen) atoms. The van der Waals surface area contributed by atoms with Crippen LogP contribution < -0.4 is 11.1 Å². The molecule has 1 aromatic carbocycles. The zero-order valence-corrected chi connectivity index (χ0v) is 21.7. The molecule has 0 radical (unpaired) electrons. The van der Waals surface area contributed by atoms with Gasteiger partial charge in [-0.05, 0) is 137 Å². The van der Waals surface area contributed by atoms with Gasteiger partial charge in [-0.2, -0.15) is 0 Å². The maximum absolute atomic E-state index is 6.34. The molecule has 0 saturated heterocycles. The Kier molecular flexibility index (Phi) is 9.74. The van der Waals surface area contributed by atoms with E-state index in [1.807, 2.05) is 0 Å². The van der Waals surface area contributed by atoms with Crippen molar-refractivity contribution >= 4 is 0 Å². The summed E-state index contributed by atoms with van der Waals surface area (Å²) in [6.07, 6.45) is 20.6. The van der Waals surface area contributed by atoms with Crippen LogP contribution in [0.3, 0.4) is 0 Å². The van der Waals surface area contributed by atoms with E-state index in [9.17, 15) is 0 Å². The minimum absolute atomic E-state index is 0.446. The molecule has 0 spiro atoms. The summed E-state index contributed by atoms with van der Waals surface area (Å²) >= 11 is 0. The maximum atomic E-state index is 6.34. The number of nitrogens with one attached hydrogen (secondary N) is 1. The van der Waals surface area contributed by atoms with Crippen LogP contribution >= 0.6 is 0 Å². The van der Waals surface area contributed by atoms with Crippen molar-refractivity contribution in [3.63, 3.8) is 0 Å². The predicted octanol–water partition coefficient (Wildman–Crippen LogP) is 7.92. The van der Waals surface area contributed by atoms with Crippen molar-refractivity contribution in [2.45, 2.75) is 134 Å². The summed E-state index contributed by atoms with van der Waals surface area (Å²) < 4.78 is 0. The minimum atomic E-state index is 0.446. The Labute approximate surface area is 204 Å². The average molecular weight is 453 g/mol. The summed E-state index contributed by atoms with van der Waals surface area (Å²) in [5, 5.41) is 3.78. The number of nitrogens with two attached hydrogens (primary N) is 1. The largest absolute Gasteiger partial charge is 0.327 e. The summed E-state index contributed by atoms with van der Waals surface area (Å²) in [6, 6.07) is 11.2. The van der Waals surface area contributed by atoms with Crippen LogP contribution in [0.25, 0.3) is 0 Å². The number of benzene rings is 1. The topological polar surface area (TPSA) is 38.0 Å². The molecule has 2 nitrogen and oxygen atoms in total. The average Bonchev–Trinajstić information content (AvgIpc) is 2.89. The van der Waals surface area contributed by atoms with E-state index in [1.165, 1.54) is 96.4 Å². The molecule has 3 aliphatic carbocycles. The smallest absolute Gasteiger partial charge is 0.00674 e. The Balaban J connectivity index is 1.19. The lowest BCUT2D eigenvalue weighted by atomic mass is 9.67. The van der Waals surface area contributed by atoms with Crippen LogP contribution in [0.4, 0.5) is 0 Å². The zero-order chi connectivity index (χ0) is 23.0. The summed E-state index contributed by atoms with van der Waals surface area (Å²) in [5.41, 5.74) is 9.55. The Morgan fingerprint density at radius 3 is 1.70 bits per heavy atom. The van der Waals surface area contributed by atoms with E-state index in [2.05, 4.69) is 43.4 Å². The quantitative estimate of drug-likeness (QED) is 0.373. The highest BCUT2D eigenvalue weighted by molar-refractivity contribution is 5.28. The SMILES string of the molecule is CCCCNC1CCC(c2ccc(C3CCC(C4CCC(C(N)CC)CC4)CC3)cc2)CC1. The maximum Gasteiger partial charge on any atom is 0.00674 e. The standard InChI is InChI=1S/C31H52N2/c1-3-5-22-33-30-20-18-28(19-21-30)26-12-10-24(11-13-26)23-6-8-25(9-7-23)27-14-16-29(17-15-27)31(32)4-2/h10-13,23,25,27-31,33H,3-9,14-22,32H2,1-2H3. The second-order valence-corrected chi connectivity index (χ2v) is 11.9. The minimum Gasteiger partial charge on any atom is -0.327 e. The van der Waals surface area contributed by atoms with Crippen LogP contribution in [0.15, 0.2) is 24.3 Å². The van der Waals surface area contributed by atoms with Crippen LogP contribution in [0.2, 0.25) is 0 Å². The molecule has 3 saturated carbocycles. The summed E-state index contributed by atoms with van der Waals surface area (Å²) in [4.78, 5) is 0. The molecule has 1 atom stereocenters. The van der Waals surface area contributed by atoms with Crippen molar-refractivity contribution in [3.8, 4) is 0 Å². The molecule has 0 amide bonds. The summed E-state index contributed by atoms with van der Waals surface area (Å²) in [5.74, 6) is 4.36. The number of hydrogen-bond donors (Lipinski definition) is 2. The lowest BCUT2D eigenvalue weighted by Crippen LogP contribution is -2.34. The lowest BCUT2D eigenvalue weighted by molar-refractivity contribution is 0.149. The van der Waals surface area contributed by atoms with E-state index in [0.29, 0.717) is 6.04 Å². The van der Waals surface area contributed by atoms with Crippen molar-refractivity contribution in [1.82, 2.24) is 5.32 Å². The van der Waals surface area contributed by atoms with Crippen LogP contribution in [-0.2, 0) is 0 Å². The number of unbranched alkanes of at least 4 members (excludes halogenated alkanes) is 1. The van der Waals surface area contributed by atoms with Crippen molar-refractivity contribution in [2.75, 3.05) is 6.54 Å².